The Bertz CT molecular complexity index is 987. The smallest absolute Gasteiger partial charge is 0.417 e. The lowest BCUT2D eigenvalue weighted by atomic mass is 9.74. The van der Waals surface area contributed by atoms with Gasteiger partial charge in [0.05, 0.1) is 19.3 Å². The van der Waals surface area contributed by atoms with E-state index in [-0.39, 0.29) is 16.4 Å². The van der Waals surface area contributed by atoms with Crippen LogP contribution in [0, 0.1) is 5.41 Å². The van der Waals surface area contributed by atoms with Crippen LogP contribution in [0.15, 0.2) is 12.1 Å². The SMILES string of the molecule is COC(=O)C1(Cc2ccc(NC(=O)OC(C)(C)C)nn2)CC(F)(F)CN(C(=O)OC(C)(C)C)C1=O. The highest BCUT2D eigenvalue weighted by Gasteiger charge is 2.62. The number of piperidine rings is 1. The van der Waals surface area contributed by atoms with E-state index in [1.807, 2.05) is 0 Å². The molecule has 0 saturated carbocycles. The van der Waals surface area contributed by atoms with E-state index in [0.29, 0.717) is 0 Å². The normalized spacial score (nSPS) is 20.1. The van der Waals surface area contributed by atoms with Crippen molar-refractivity contribution in [2.24, 2.45) is 5.41 Å². The van der Waals surface area contributed by atoms with Gasteiger partial charge in [-0.05, 0) is 53.7 Å². The van der Waals surface area contributed by atoms with Crippen molar-refractivity contribution < 1.29 is 42.2 Å². The highest BCUT2D eigenvalue weighted by Crippen LogP contribution is 2.43. The summed E-state index contributed by atoms with van der Waals surface area (Å²) in [6.07, 6.45) is -3.93. The Morgan fingerprint density at radius 3 is 2.14 bits per heavy atom. The van der Waals surface area contributed by atoms with E-state index in [1.54, 1.807) is 20.8 Å². The first-order chi connectivity index (χ1) is 15.9. The van der Waals surface area contributed by atoms with Crippen LogP contribution in [0.1, 0.15) is 53.7 Å². The molecule has 1 unspecified atom stereocenters. The second kappa shape index (κ2) is 9.70. The average molecular weight is 500 g/mol. The first-order valence-corrected chi connectivity index (χ1v) is 10.7. The molecule has 1 aromatic heterocycles. The van der Waals surface area contributed by atoms with Crippen molar-refractivity contribution in [3.05, 3.63) is 17.8 Å². The molecule has 0 aromatic carbocycles. The summed E-state index contributed by atoms with van der Waals surface area (Å²) in [7, 11) is 0.946. The number of imide groups is 1. The summed E-state index contributed by atoms with van der Waals surface area (Å²) in [4.78, 5) is 50.6. The summed E-state index contributed by atoms with van der Waals surface area (Å²) in [6.45, 7) is 8.29. The highest BCUT2D eigenvalue weighted by molar-refractivity contribution is 6.08. The minimum absolute atomic E-state index is 0.00852. The predicted octanol–water partition coefficient (Wildman–Crippen LogP) is 3.33. The number of aromatic nitrogens is 2. The second-order valence-electron chi connectivity index (χ2n) is 10.2. The molecule has 1 aliphatic rings. The molecule has 1 fully saturated rings. The molecule has 0 bridgehead atoms. The highest BCUT2D eigenvalue weighted by atomic mass is 19.3. The van der Waals surface area contributed by atoms with Gasteiger partial charge in [-0.1, -0.05) is 0 Å². The maximum Gasteiger partial charge on any atom is 0.417 e. The zero-order valence-electron chi connectivity index (χ0n) is 20.7. The number of carbonyl (C=O) groups is 4. The molecule has 0 radical (unpaired) electrons. The number of hydrogen-bond donors (Lipinski definition) is 1. The third-order valence-corrected chi connectivity index (χ3v) is 4.63. The van der Waals surface area contributed by atoms with Crippen molar-refractivity contribution in [1.82, 2.24) is 15.1 Å². The molecular formula is C22H30F2N4O7. The second-order valence-corrected chi connectivity index (χ2v) is 10.2. The fraction of sp³-hybridized carbons (Fsp3) is 0.636. The lowest BCUT2D eigenvalue weighted by Crippen LogP contribution is -2.62. The molecule has 35 heavy (non-hydrogen) atoms. The number of carbonyl (C=O) groups excluding carboxylic acids is 4. The van der Waals surface area contributed by atoms with E-state index in [1.165, 1.54) is 32.9 Å². The fourth-order valence-corrected chi connectivity index (χ4v) is 3.40. The first kappa shape index (κ1) is 27.9. The van der Waals surface area contributed by atoms with Gasteiger partial charge in [0.1, 0.15) is 11.2 Å². The van der Waals surface area contributed by atoms with E-state index in [0.717, 1.165) is 7.11 Å². The third-order valence-electron chi connectivity index (χ3n) is 4.63. The topological polar surface area (TPSA) is 137 Å². The van der Waals surface area contributed by atoms with Gasteiger partial charge in [-0.3, -0.25) is 14.9 Å². The van der Waals surface area contributed by atoms with Gasteiger partial charge < -0.3 is 14.2 Å². The average Bonchev–Trinajstić information content (AvgIpc) is 2.68. The van der Waals surface area contributed by atoms with Crippen molar-refractivity contribution in [3.8, 4) is 0 Å². The Morgan fingerprint density at radius 2 is 1.66 bits per heavy atom. The van der Waals surface area contributed by atoms with Gasteiger partial charge in [-0.2, -0.15) is 5.10 Å². The zero-order valence-corrected chi connectivity index (χ0v) is 20.7. The first-order valence-electron chi connectivity index (χ1n) is 10.7. The lowest BCUT2D eigenvalue weighted by Gasteiger charge is -2.42. The molecule has 194 valence electrons. The Balaban J connectivity index is 2.35. The summed E-state index contributed by atoms with van der Waals surface area (Å²) in [6, 6.07) is 2.59. The van der Waals surface area contributed by atoms with Crippen molar-refractivity contribution in [2.75, 3.05) is 19.0 Å². The number of rotatable bonds is 4. The van der Waals surface area contributed by atoms with Gasteiger partial charge in [0.15, 0.2) is 11.2 Å². The Kier molecular flexibility index (Phi) is 7.72. The van der Waals surface area contributed by atoms with Crippen LogP contribution >= 0.6 is 0 Å². The van der Waals surface area contributed by atoms with Gasteiger partial charge in [-0.15, -0.1) is 5.10 Å². The number of halogens is 2. The van der Waals surface area contributed by atoms with Gasteiger partial charge in [0, 0.05) is 12.8 Å². The van der Waals surface area contributed by atoms with Crippen molar-refractivity contribution in [1.29, 1.82) is 0 Å². The number of nitrogens with one attached hydrogen (secondary N) is 1. The van der Waals surface area contributed by atoms with Crippen LogP contribution in [-0.2, 0) is 30.2 Å². The minimum Gasteiger partial charge on any atom is -0.468 e. The molecule has 0 spiro atoms. The molecular weight excluding hydrogens is 470 g/mol. The van der Waals surface area contributed by atoms with Crippen LogP contribution in [0.3, 0.4) is 0 Å². The van der Waals surface area contributed by atoms with Crippen LogP contribution in [-0.4, -0.2) is 69.9 Å². The number of amides is 3. The molecule has 11 nitrogen and oxygen atoms in total. The van der Waals surface area contributed by atoms with Crippen LogP contribution in [0.5, 0.6) is 0 Å². The Hall–Kier alpha value is -3.38. The number of esters is 1. The summed E-state index contributed by atoms with van der Waals surface area (Å²) < 4.78 is 44.4. The van der Waals surface area contributed by atoms with Gasteiger partial charge in [0.2, 0.25) is 5.91 Å². The maximum atomic E-state index is 14.8. The number of methoxy groups -OCH3 is 1. The van der Waals surface area contributed by atoms with Gasteiger partial charge in [0.25, 0.3) is 5.92 Å². The van der Waals surface area contributed by atoms with E-state index in [9.17, 15) is 28.0 Å². The number of alkyl halides is 2. The molecule has 2 heterocycles. The number of hydrogen-bond acceptors (Lipinski definition) is 9. The number of ether oxygens (including phenoxy) is 3. The predicted molar refractivity (Wildman–Crippen MR) is 118 cm³/mol. The zero-order chi connectivity index (χ0) is 26.8. The molecule has 1 aliphatic heterocycles. The summed E-state index contributed by atoms with van der Waals surface area (Å²) in [5.74, 6) is -6.06. The van der Waals surface area contributed by atoms with E-state index >= 15 is 0 Å². The molecule has 13 heteroatoms. The third kappa shape index (κ3) is 7.30. The van der Waals surface area contributed by atoms with E-state index in [4.69, 9.17) is 9.47 Å². The quantitative estimate of drug-likeness (QED) is 0.375. The van der Waals surface area contributed by atoms with Crippen molar-refractivity contribution in [3.63, 3.8) is 0 Å². The van der Waals surface area contributed by atoms with E-state index in [2.05, 4.69) is 20.3 Å². The van der Waals surface area contributed by atoms with Crippen LogP contribution in [0.2, 0.25) is 0 Å². The number of anilines is 1. The molecule has 3 amide bonds. The van der Waals surface area contributed by atoms with Crippen molar-refractivity contribution in [2.45, 2.75) is 71.5 Å². The summed E-state index contributed by atoms with van der Waals surface area (Å²) in [5.41, 5.74) is -4.31. The standard InChI is InChI=1S/C22H30F2N4O7/c1-19(2,3)34-17(31)25-14-9-8-13(26-27-14)10-21(16(30)33-7)11-22(23,24)12-28(15(21)29)18(32)35-20(4,5)6/h8-9H,10-12H2,1-7H3,(H,25,27,31). The van der Waals surface area contributed by atoms with Gasteiger partial charge >= 0.3 is 18.2 Å². The fourth-order valence-electron chi connectivity index (χ4n) is 3.40. The Morgan fingerprint density at radius 1 is 1.06 bits per heavy atom. The van der Waals surface area contributed by atoms with E-state index < -0.39 is 66.0 Å². The maximum absolute atomic E-state index is 14.8. The number of likely N-dealkylation sites (tertiary alicyclic amines) is 1. The molecule has 1 saturated heterocycles. The molecule has 0 aliphatic carbocycles. The summed E-state index contributed by atoms with van der Waals surface area (Å²) >= 11 is 0. The molecule has 2 rings (SSSR count). The molecule has 1 atom stereocenters. The largest absolute Gasteiger partial charge is 0.468 e. The Labute approximate surface area is 201 Å². The van der Waals surface area contributed by atoms with Crippen LogP contribution < -0.4 is 5.32 Å². The lowest BCUT2D eigenvalue weighted by molar-refractivity contribution is -0.182. The molecule has 1 N–H and O–H groups in total. The minimum atomic E-state index is -3.61. The van der Waals surface area contributed by atoms with Crippen LogP contribution in [0.4, 0.5) is 24.2 Å². The molecule has 1 aromatic rings. The van der Waals surface area contributed by atoms with Crippen LogP contribution in [0.25, 0.3) is 0 Å². The van der Waals surface area contributed by atoms with Gasteiger partial charge in [-0.25, -0.2) is 23.3 Å². The van der Waals surface area contributed by atoms with Crippen molar-refractivity contribution >= 4 is 29.9 Å². The monoisotopic (exact) mass is 500 g/mol. The number of nitrogens with zero attached hydrogens (tertiary/aromatic N) is 3. The summed E-state index contributed by atoms with van der Waals surface area (Å²) in [5, 5.41) is 9.97.